The van der Waals surface area contributed by atoms with E-state index in [0.29, 0.717) is 11.5 Å². The topological polar surface area (TPSA) is 56.0 Å². The van der Waals surface area contributed by atoms with E-state index in [1.165, 1.54) is 19.3 Å². The van der Waals surface area contributed by atoms with Gasteiger partial charge >= 0.3 is 0 Å². The van der Waals surface area contributed by atoms with Crippen molar-refractivity contribution < 1.29 is 4.79 Å². The van der Waals surface area contributed by atoms with Crippen LogP contribution >= 0.6 is 0 Å². The van der Waals surface area contributed by atoms with E-state index in [4.69, 9.17) is 5.73 Å². The molecule has 1 saturated carbocycles. The summed E-state index contributed by atoms with van der Waals surface area (Å²) in [6.45, 7) is 1.92. The number of carbonyl (C=O) groups excluding carboxylic acids is 1. The lowest BCUT2D eigenvalue weighted by atomic mass is 9.84. The monoisotopic (exact) mass is 218 g/mol. The van der Waals surface area contributed by atoms with Crippen LogP contribution in [0.25, 0.3) is 0 Å². The third-order valence-corrected chi connectivity index (χ3v) is 3.43. The molecule has 0 unspecified atom stereocenters. The number of aryl methyl sites for hydroxylation is 1. The van der Waals surface area contributed by atoms with E-state index in [0.717, 1.165) is 24.1 Å². The fourth-order valence-corrected chi connectivity index (χ4v) is 2.59. The Morgan fingerprint density at radius 2 is 2.06 bits per heavy atom. The summed E-state index contributed by atoms with van der Waals surface area (Å²) in [6.07, 6.45) is 7.82. The summed E-state index contributed by atoms with van der Waals surface area (Å²) in [5.41, 5.74) is 7.96. The van der Waals surface area contributed by atoms with E-state index in [2.05, 4.69) is 4.98 Å². The van der Waals surface area contributed by atoms with Gasteiger partial charge in [-0.1, -0.05) is 19.3 Å². The van der Waals surface area contributed by atoms with Crippen molar-refractivity contribution in [3.05, 3.63) is 29.1 Å². The highest BCUT2D eigenvalue weighted by atomic mass is 16.1. The van der Waals surface area contributed by atoms with Crippen LogP contribution in [0, 0.1) is 6.92 Å². The summed E-state index contributed by atoms with van der Waals surface area (Å²) >= 11 is 0. The van der Waals surface area contributed by atoms with Crippen LogP contribution in [0.3, 0.4) is 0 Å². The molecule has 2 N–H and O–H groups in total. The van der Waals surface area contributed by atoms with Crippen LogP contribution in [0.1, 0.15) is 59.6 Å². The first kappa shape index (κ1) is 11.1. The number of hydrogen-bond acceptors (Lipinski definition) is 2. The zero-order valence-electron chi connectivity index (χ0n) is 9.70. The van der Waals surface area contributed by atoms with Gasteiger partial charge in [0.2, 0.25) is 0 Å². The molecule has 0 atom stereocenters. The molecule has 2 rings (SSSR count). The summed E-state index contributed by atoms with van der Waals surface area (Å²) in [5.74, 6) is 0.0855. The van der Waals surface area contributed by atoms with E-state index in [1.54, 1.807) is 6.20 Å². The molecule has 0 radical (unpaired) electrons. The molecule has 3 nitrogen and oxygen atoms in total. The molecule has 1 heterocycles. The quantitative estimate of drug-likeness (QED) is 0.829. The SMILES string of the molecule is Cc1ccnc(C2CCCCC2)c1C(N)=O. The van der Waals surface area contributed by atoms with Gasteiger partial charge in [0.25, 0.3) is 5.91 Å². The Morgan fingerprint density at radius 1 is 1.38 bits per heavy atom. The van der Waals surface area contributed by atoms with Gasteiger partial charge in [-0.2, -0.15) is 0 Å². The van der Waals surface area contributed by atoms with Crippen molar-refractivity contribution in [2.45, 2.75) is 44.9 Å². The highest BCUT2D eigenvalue weighted by Crippen LogP contribution is 2.33. The molecule has 0 spiro atoms. The lowest BCUT2D eigenvalue weighted by molar-refractivity contribution is 0.0997. The number of carbonyl (C=O) groups is 1. The molecule has 1 aliphatic carbocycles. The molecule has 0 aliphatic heterocycles. The first-order valence-corrected chi connectivity index (χ1v) is 5.95. The highest BCUT2D eigenvalue weighted by molar-refractivity contribution is 5.95. The average Bonchev–Trinajstić information content (AvgIpc) is 2.29. The lowest BCUT2D eigenvalue weighted by Gasteiger charge is -2.23. The summed E-state index contributed by atoms with van der Waals surface area (Å²) in [7, 11) is 0. The minimum atomic E-state index is -0.342. The minimum absolute atomic E-state index is 0.342. The summed E-state index contributed by atoms with van der Waals surface area (Å²) in [4.78, 5) is 15.9. The second-order valence-corrected chi connectivity index (χ2v) is 4.59. The number of rotatable bonds is 2. The molecule has 3 heteroatoms. The third kappa shape index (κ3) is 2.08. The van der Waals surface area contributed by atoms with Crippen molar-refractivity contribution in [2.75, 3.05) is 0 Å². The van der Waals surface area contributed by atoms with E-state index >= 15 is 0 Å². The van der Waals surface area contributed by atoms with Crippen LogP contribution in [0.15, 0.2) is 12.3 Å². The van der Waals surface area contributed by atoms with E-state index in [1.807, 2.05) is 13.0 Å². The van der Waals surface area contributed by atoms with Crippen molar-refractivity contribution in [3.63, 3.8) is 0 Å². The predicted molar refractivity (Wildman–Crippen MR) is 63.3 cm³/mol. The van der Waals surface area contributed by atoms with Gasteiger partial charge in [0.1, 0.15) is 0 Å². The summed E-state index contributed by atoms with van der Waals surface area (Å²) in [5, 5.41) is 0. The molecule has 0 aromatic carbocycles. The van der Waals surface area contributed by atoms with Gasteiger partial charge < -0.3 is 5.73 Å². The van der Waals surface area contributed by atoms with Crippen molar-refractivity contribution in [2.24, 2.45) is 5.73 Å². The fraction of sp³-hybridized carbons (Fsp3) is 0.538. The maximum Gasteiger partial charge on any atom is 0.250 e. The Hall–Kier alpha value is -1.38. The Balaban J connectivity index is 2.38. The smallest absolute Gasteiger partial charge is 0.250 e. The van der Waals surface area contributed by atoms with Gasteiger partial charge in [-0.3, -0.25) is 9.78 Å². The number of hydrogen-bond donors (Lipinski definition) is 1. The highest BCUT2D eigenvalue weighted by Gasteiger charge is 2.22. The van der Waals surface area contributed by atoms with Crippen LogP contribution in [0.4, 0.5) is 0 Å². The van der Waals surface area contributed by atoms with Gasteiger partial charge in [0.05, 0.1) is 11.3 Å². The van der Waals surface area contributed by atoms with Crippen molar-refractivity contribution in [3.8, 4) is 0 Å². The van der Waals surface area contributed by atoms with E-state index < -0.39 is 0 Å². The van der Waals surface area contributed by atoms with Gasteiger partial charge in [-0.25, -0.2) is 0 Å². The van der Waals surface area contributed by atoms with E-state index in [-0.39, 0.29) is 5.91 Å². The van der Waals surface area contributed by atoms with Crippen molar-refractivity contribution in [1.82, 2.24) is 4.98 Å². The van der Waals surface area contributed by atoms with Crippen molar-refractivity contribution in [1.29, 1.82) is 0 Å². The summed E-state index contributed by atoms with van der Waals surface area (Å²) < 4.78 is 0. The van der Waals surface area contributed by atoms with E-state index in [9.17, 15) is 4.79 Å². The van der Waals surface area contributed by atoms with Gasteiger partial charge in [-0.15, -0.1) is 0 Å². The Morgan fingerprint density at radius 3 is 2.69 bits per heavy atom. The van der Waals surface area contributed by atoms with Crippen LogP contribution in [-0.2, 0) is 0 Å². The van der Waals surface area contributed by atoms with Gasteiger partial charge in [0.15, 0.2) is 0 Å². The minimum Gasteiger partial charge on any atom is -0.366 e. The Labute approximate surface area is 96.1 Å². The van der Waals surface area contributed by atoms with Gasteiger partial charge in [-0.05, 0) is 31.4 Å². The van der Waals surface area contributed by atoms with Crippen LogP contribution in [0.2, 0.25) is 0 Å². The Bertz CT molecular complexity index is 395. The molecule has 86 valence electrons. The maximum atomic E-state index is 11.5. The van der Waals surface area contributed by atoms with Crippen LogP contribution in [-0.4, -0.2) is 10.9 Å². The number of nitrogens with zero attached hydrogens (tertiary/aromatic N) is 1. The molecule has 0 bridgehead atoms. The number of pyridine rings is 1. The largest absolute Gasteiger partial charge is 0.366 e. The molecular formula is C13H18N2O. The molecule has 1 aromatic heterocycles. The number of amides is 1. The molecular weight excluding hydrogens is 200 g/mol. The zero-order chi connectivity index (χ0) is 11.5. The van der Waals surface area contributed by atoms with Crippen molar-refractivity contribution >= 4 is 5.91 Å². The molecule has 1 amide bonds. The average molecular weight is 218 g/mol. The molecule has 1 fully saturated rings. The predicted octanol–water partition coefficient (Wildman–Crippen LogP) is 2.54. The number of aromatic nitrogens is 1. The van der Waals surface area contributed by atoms with Crippen LogP contribution < -0.4 is 5.73 Å². The molecule has 1 aliphatic rings. The normalized spacial score (nSPS) is 17.3. The first-order chi connectivity index (χ1) is 7.70. The number of primary amides is 1. The third-order valence-electron chi connectivity index (χ3n) is 3.43. The number of nitrogens with two attached hydrogens (primary N) is 1. The fourth-order valence-electron chi connectivity index (χ4n) is 2.59. The van der Waals surface area contributed by atoms with Gasteiger partial charge in [0, 0.05) is 12.1 Å². The maximum absolute atomic E-state index is 11.5. The first-order valence-electron chi connectivity index (χ1n) is 5.95. The zero-order valence-corrected chi connectivity index (χ0v) is 9.70. The summed E-state index contributed by atoms with van der Waals surface area (Å²) in [6, 6.07) is 1.85. The Kier molecular flexibility index (Phi) is 3.22. The standard InChI is InChI=1S/C13H18N2O/c1-9-7-8-15-12(11(9)13(14)16)10-5-3-2-4-6-10/h7-8,10H,2-6H2,1H3,(H2,14,16). The second kappa shape index (κ2) is 4.64. The second-order valence-electron chi connectivity index (χ2n) is 4.59. The molecule has 16 heavy (non-hydrogen) atoms. The molecule has 0 saturated heterocycles. The van der Waals surface area contributed by atoms with Crippen LogP contribution in [0.5, 0.6) is 0 Å². The molecule has 1 aromatic rings. The lowest BCUT2D eigenvalue weighted by Crippen LogP contribution is -2.19.